The zero-order chi connectivity index (χ0) is 21.4. The molecule has 3 atom stereocenters. The van der Waals surface area contributed by atoms with E-state index >= 15 is 0 Å². The van der Waals surface area contributed by atoms with Gasteiger partial charge >= 0.3 is 0 Å². The zero-order valence-corrected chi connectivity index (χ0v) is 24.1. The van der Waals surface area contributed by atoms with Crippen molar-refractivity contribution in [1.82, 2.24) is 0 Å². The number of hydrogen-bond donors (Lipinski definition) is 1. The molecule has 1 N–H and O–H groups in total. The van der Waals surface area contributed by atoms with Crippen molar-refractivity contribution in [3.05, 3.63) is 12.2 Å². The van der Waals surface area contributed by atoms with Gasteiger partial charge in [-0.3, -0.25) is 0 Å². The summed E-state index contributed by atoms with van der Waals surface area (Å²) in [6.45, 7) is 33.5. The first-order valence-electron chi connectivity index (χ1n) is 10.3. The molecule has 156 valence electrons. The fourth-order valence-electron chi connectivity index (χ4n) is 5.32. The van der Waals surface area contributed by atoms with Gasteiger partial charge in [0.15, 0.2) is 6.87 Å². The summed E-state index contributed by atoms with van der Waals surface area (Å²) in [5, 5.41) is 11.0. The normalized spacial score (nSPS) is 19.0. The highest BCUT2D eigenvalue weighted by Crippen LogP contribution is 2.41. The van der Waals surface area contributed by atoms with Crippen molar-refractivity contribution < 1.29 is 9.53 Å². The van der Waals surface area contributed by atoms with Crippen LogP contribution in [0, 0.1) is 5.92 Å². The zero-order valence-electron chi connectivity index (χ0n) is 20.1. The van der Waals surface area contributed by atoms with Crippen molar-refractivity contribution >= 4 is 29.6 Å². The van der Waals surface area contributed by atoms with Crippen molar-refractivity contribution in [1.29, 1.82) is 0 Å². The topological polar surface area (TPSA) is 29.5 Å². The van der Waals surface area contributed by atoms with Crippen molar-refractivity contribution in [2.24, 2.45) is 5.92 Å². The first-order valence-corrected chi connectivity index (χ1v) is 25.7. The molecule has 0 heterocycles. The molecule has 0 rings (SSSR count). The molecule has 2 nitrogen and oxygen atoms in total. The van der Waals surface area contributed by atoms with E-state index in [1.807, 2.05) is 13.8 Å². The fraction of sp³-hybridized carbons (Fsp3) is 0.900. The molecule has 0 aromatic heterocycles. The van der Waals surface area contributed by atoms with Crippen molar-refractivity contribution in [2.75, 3.05) is 0 Å². The van der Waals surface area contributed by atoms with Crippen LogP contribution < -0.4 is 0 Å². The highest BCUT2D eigenvalue weighted by molar-refractivity contribution is 7.87. The van der Waals surface area contributed by atoms with Crippen LogP contribution in [0.15, 0.2) is 12.2 Å². The van der Waals surface area contributed by atoms with Crippen LogP contribution in [0.25, 0.3) is 0 Å². The van der Waals surface area contributed by atoms with Crippen molar-refractivity contribution in [3.8, 4) is 0 Å². The Labute approximate surface area is 168 Å². The van der Waals surface area contributed by atoms with Crippen molar-refractivity contribution in [2.45, 2.75) is 111 Å². The lowest BCUT2D eigenvalue weighted by molar-refractivity contribution is 0.0213. The summed E-state index contributed by atoms with van der Waals surface area (Å²) in [5.74, 6) is 0.455. The van der Waals surface area contributed by atoms with Gasteiger partial charge in [0, 0.05) is 12.5 Å². The third-order valence-corrected chi connectivity index (χ3v) is 73.9. The molecule has 0 aliphatic heterocycles. The van der Waals surface area contributed by atoms with Crippen LogP contribution in [0.4, 0.5) is 0 Å². The number of rotatable bonds is 10. The molecule has 0 unspecified atom stereocenters. The van der Waals surface area contributed by atoms with E-state index < -0.39 is 35.2 Å². The lowest BCUT2D eigenvalue weighted by Crippen LogP contribution is -2.85. The molecule has 26 heavy (non-hydrogen) atoms. The molecule has 0 radical (unpaired) electrons. The summed E-state index contributed by atoms with van der Waals surface area (Å²) in [6.07, 6.45) is 1.89. The lowest BCUT2D eigenvalue weighted by atomic mass is 9.86. The van der Waals surface area contributed by atoms with Crippen LogP contribution in [-0.4, -0.2) is 46.5 Å². The minimum atomic E-state index is -1.90. The molecule has 0 saturated carbocycles. The van der Waals surface area contributed by atoms with E-state index in [2.05, 4.69) is 79.3 Å². The van der Waals surface area contributed by atoms with Gasteiger partial charge in [-0.2, -0.15) is 0 Å². The van der Waals surface area contributed by atoms with Crippen LogP contribution in [0.2, 0.25) is 58.9 Å². The van der Waals surface area contributed by atoms with Crippen LogP contribution in [0.3, 0.4) is 0 Å². The van der Waals surface area contributed by atoms with Crippen LogP contribution >= 0.6 is 0 Å². The van der Waals surface area contributed by atoms with Crippen LogP contribution in [0.5, 0.6) is 0 Å². The third kappa shape index (κ3) is 5.53. The maximum atomic E-state index is 11.0. The van der Waals surface area contributed by atoms with E-state index in [-0.39, 0.29) is 6.10 Å². The van der Waals surface area contributed by atoms with Crippen molar-refractivity contribution in [3.63, 3.8) is 0 Å². The van der Waals surface area contributed by atoms with E-state index in [9.17, 15) is 5.11 Å². The minimum absolute atomic E-state index is 0.128. The largest absolute Gasteiger partial charge is 0.423 e. The molecule has 0 saturated heterocycles. The molecule has 6 heteroatoms. The monoisotopic (exact) mass is 432 g/mol. The fourth-order valence-corrected chi connectivity index (χ4v) is 99.4. The van der Waals surface area contributed by atoms with Gasteiger partial charge in [-0.15, -0.1) is 0 Å². The molecule has 0 spiro atoms. The van der Waals surface area contributed by atoms with E-state index in [1.165, 1.54) is 0 Å². The standard InChI is InChI=1S/C20H48O2Si4/c1-15-18(4)19(16-20(5,21)17(2)3)22-26(23(6,7)8,24(9,10)11)25(12,13)14/h18-19,21H,2,15-16H2,1,3-14H3/t18-,19-,20-/m1/s1. The maximum Gasteiger partial charge on any atom is 0.158 e. The summed E-state index contributed by atoms with van der Waals surface area (Å²) in [6, 6.07) is 0. The smallest absolute Gasteiger partial charge is 0.158 e. The highest BCUT2D eigenvalue weighted by Gasteiger charge is 2.64. The summed E-state index contributed by atoms with van der Waals surface area (Å²) < 4.78 is 7.49. The molecule has 0 fully saturated rings. The number of hydrogen-bond acceptors (Lipinski definition) is 2. The molecule has 0 aliphatic carbocycles. The Hall–Kier alpha value is 0.528. The van der Waals surface area contributed by atoms with Gasteiger partial charge in [0.1, 0.15) is 0 Å². The van der Waals surface area contributed by atoms with E-state index in [0.29, 0.717) is 12.3 Å². The van der Waals surface area contributed by atoms with Gasteiger partial charge in [0.05, 0.1) is 28.4 Å². The summed E-state index contributed by atoms with van der Waals surface area (Å²) in [5.41, 5.74) is -0.0114. The molecular weight excluding hydrogens is 385 g/mol. The molecule has 0 aromatic rings. The number of aliphatic hydroxyl groups is 1. The summed E-state index contributed by atoms with van der Waals surface area (Å²) in [7, 11) is -4.49. The highest BCUT2D eigenvalue weighted by atomic mass is 29.9. The summed E-state index contributed by atoms with van der Waals surface area (Å²) >= 11 is 0. The molecule has 0 aromatic carbocycles. The molecule has 0 bridgehead atoms. The maximum absolute atomic E-state index is 11.0. The predicted molar refractivity (Wildman–Crippen MR) is 130 cm³/mol. The first-order chi connectivity index (χ1) is 11.2. The van der Waals surface area contributed by atoms with Gasteiger partial charge in [-0.05, 0) is 25.3 Å². The van der Waals surface area contributed by atoms with Gasteiger partial charge in [-0.1, -0.05) is 85.8 Å². The van der Waals surface area contributed by atoms with Crippen LogP contribution in [0.1, 0.15) is 40.5 Å². The Kier molecular flexibility index (Phi) is 8.66. The second-order valence-corrected chi connectivity index (χ2v) is 51.2. The average Bonchev–Trinajstić information content (AvgIpc) is 2.37. The van der Waals surface area contributed by atoms with E-state index in [1.54, 1.807) is 0 Å². The van der Waals surface area contributed by atoms with E-state index in [4.69, 9.17) is 4.43 Å². The Bertz CT molecular complexity index is 445. The molecule has 0 amide bonds. The average molecular weight is 433 g/mol. The minimum Gasteiger partial charge on any atom is -0.423 e. The van der Waals surface area contributed by atoms with E-state index in [0.717, 1.165) is 12.0 Å². The Morgan fingerprint density at radius 3 is 1.54 bits per heavy atom. The molecular formula is C20H48O2Si4. The molecule has 0 aliphatic rings. The van der Waals surface area contributed by atoms with Gasteiger partial charge < -0.3 is 9.53 Å². The first kappa shape index (κ1) is 26.5. The third-order valence-electron chi connectivity index (χ3n) is 6.29. The Balaban J connectivity index is 6.38. The van der Waals surface area contributed by atoms with Gasteiger partial charge in [-0.25, -0.2) is 0 Å². The Morgan fingerprint density at radius 1 is 0.962 bits per heavy atom. The second-order valence-electron chi connectivity index (χ2n) is 11.7. The van der Waals surface area contributed by atoms with Gasteiger partial charge in [0.2, 0.25) is 0 Å². The summed E-state index contributed by atoms with van der Waals surface area (Å²) in [4.78, 5) is 0. The van der Waals surface area contributed by atoms with Gasteiger partial charge in [0.25, 0.3) is 0 Å². The lowest BCUT2D eigenvalue weighted by Gasteiger charge is -2.58. The predicted octanol–water partition coefficient (Wildman–Crippen LogP) is 6.33. The van der Waals surface area contributed by atoms with Crippen LogP contribution in [-0.2, 0) is 4.43 Å². The second kappa shape index (κ2) is 8.49. The SMILES string of the molecule is C=C(C)[C@](C)(O)C[C@@H](O[Si]([Si](C)(C)C)([Si](C)(C)C)[Si](C)(C)C)[C@H](C)CC. The quantitative estimate of drug-likeness (QED) is 0.323. The Morgan fingerprint density at radius 2 is 1.31 bits per heavy atom.